The van der Waals surface area contributed by atoms with E-state index in [0.717, 1.165) is 39.0 Å². The van der Waals surface area contributed by atoms with E-state index in [2.05, 4.69) is 20.3 Å². The minimum absolute atomic E-state index is 0.0323. The summed E-state index contributed by atoms with van der Waals surface area (Å²) < 4.78 is 52.5. The molecule has 4 heterocycles. The second kappa shape index (κ2) is 16.3. The molecule has 5 amide bonds. The van der Waals surface area contributed by atoms with E-state index in [9.17, 15) is 33.1 Å². The third-order valence-corrected chi connectivity index (χ3v) is 13.1. The number of ether oxygens (including phenoxy) is 2. The Morgan fingerprint density at radius 1 is 0.885 bits per heavy atom. The number of hydrogen-bond donors (Lipinski definition) is 5. The number of benzene rings is 5. The zero-order chi connectivity index (χ0) is 42.4. The monoisotopic (exact) mass is 850 g/mol. The number of carbonyl (C=O) groups is 5. The average molecular weight is 851 g/mol. The average Bonchev–Trinajstić information content (AvgIpc) is 3.69. The van der Waals surface area contributed by atoms with Gasteiger partial charge in [0.05, 0.1) is 18.8 Å². The highest BCUT2D eigenvalue weighted by atomic mass is 32.3. The molecule has 0 saturated carbocycles. The largest absolute Gasteiger partial charge is 0.492 e. The Morgan fingerprint density at radius 2 is 1.69 bits per heavy atom. The smallest absolute Gasteiger partial charge is 0.260 e. The van der Waals surface area contributed by atoms with Gasteiger partial charge in [0.25, 0.3) is 11.8 Å². The highest BCUT2D eigenvalue weighted by Gasteiger charge is 2.42. The molecular formula is C44H43FN6O9S. The number of imide groups is 1. The molecule has 3 fully saturated rings. The quantitative estimate of drug-likeness (QED) is 0.0802. The van der Waals surface area contributed by atoms with Crippen molar-refractivity contribution in [3.63, 3.8) is 0 Å². The summed E-state index contributed by atoms with van der Waals surface area (Å²) in [5, 5.41) is 7.63. The first-order chi connectivity index (χ1) is 29.4. The molecule has 9 rings (SSSR count). The normalized spacial score (nSPS) is 19.6. The molecule has 0 radical (unpaired) electrons. The zero-order valence-electron chi connectivity index (χ0n) is 32.9. The third kappa shape index (κ3) is 7.80. The molecule has 61 heavy (non-hydrogen) atoms. The predicted octanol–water partition coefficient (Wildman–Crippen LogP) is 5.37. The number of anilines is 2. The standard InChI is InChI=1S/C44H43FN6O9S/c45-41-33-22-29(10-9-28(33)21-36(60-25-26-5-2-1-3-6-26)42(41)50-24-39(54)48-61(50,57)58)59-20-17-46-38(53)23-49-18-15-27(16-19-49)30-11-12-34-40-31(30)7-4-8-32(40)44(56)51(34)35-13-14-37(52)47-43(35)55/h1-12,21-22,27,35,57-58H,13-20,23-25H2,(H,46,53)(H,48,54)(H,47,52,55). The molecule has 0 aromatic heterocycles. The number of carbonyl (C=O) groups excluding carboxylic acids is 5. The second-order valence-electron chi connectivity index (χ2n) is 15.6. The highest BCUT2D eigenvalue weighted by molar-refractivity contribution is 8.24. The molecule has 5 aromatic carbocycles. The van der Waals surface area contributed by atoms with Gasteiger partial charge < -0.3 is 14.8 Å². The number of amides is 5. The predicted molar refractivity (Wildman–Crippen MR) is 227 cm³/mol. The maximum absolute atomic E-state index is 16.4. The van der Waals surface area contributed by atoms with Gasteiger partial charge in [-0.3, -0.25) is 48.2 Å². The third-order valence-electron chi connectivity index (χ3n) is 11.7. The summed E-state index contributed by atoms with van der Waals surface area (Å²) in [6.45, 7) is 1.49. The van der Waals surface area contributed by atoms with Gasteiger partial charge in [0, 0.05) is 22.8 Å². The Bertz CT molecular complexity index is 2600. The molecule has 0 bridgehead atoms. The van der Waals surface area contributed by atoms with E-state index in [-0.39, 0.29) is 79.6 Å². The Balaban J connectivity index is 0.801. The number of nitrogens with zero attached hydrogens (tertiary/aromatic N) is 3. The van der Waals surface area contributed by atoms with E-state index in [1.807, 2.05) is 54.6 Å². The van der Waals surface area contributed by atoms with Crippen LogP contribution in [-0.2, 0) is 25.8 Å². The van der Waals surface area contributed by atoms with E-state index >= 15 is 4.39 Å². The second-order valence-corrected chi connectivity index (χ2v) is 17.3. The van der Waals surface area contributed by atoms with Gasteiger partial charge in [0.1, 0.15) is 43.0 Å². The molecule has 316 valence electrons. The van der Waals surface area contributed by atoms with Crippen LogP contribution in [0.2, 0.25) is 0 Å². The number of likely N-dealkylation sites (tertiary alicyclic amines) is 1. The summed E-state index contributed by atoms with van der Waals surface area (Å²) in [4.78, 5) is 66.9. The van der Waals surface area contributed by atoms with E-state index in [0.29, 0.717) is 35.5 Å². The summed E-state index contributed by atoms with van der Waals surface area (Å²) in [6, 6.07) is 24.4. The van der Waals surface area contributed by atoms with Crippen molar-refractivity contribution in [3.05, 3.63) is 107 Å². The number of fused-ring (bicyclic) bond motifs is 1. The van der Waals surface area contributed by atoms with E-state index in [1.165, 1.54) is 11.0 Å². The number of hydrogen-bond acceptors (Lipinski definition) is 11. The van der Waals surface area contributed by atoms with Crippen molar-refractivity contribution < 1.29 is 46.9 Å². The van der Waals surface area contributed by atoms with Crippen molar-refractivity contribution in [2.24, 2.45) is 0 Å². The van der Waals surface area contributed by atoms with Gasteiger partial charge in [0.2, 0.25) is 17.7 Å². The molecular weight excluding hydrogens is 808 g/mol. The first-order valence-electron chi connectivity index (χ1n) is 20.1. The van der Waals surface area contributed by atoms with Crippen molar-refractivity contribution in [2.75, 3.05) is 48.5 Å². The molecule has 0 spiro atoms. The van der Waals surface area contributed by atoms with Crippen LogP contribution in [0.15, 0.2) is 84.9 Å². The fourth-order valence-electron chi connectivity index (χ4n) is 8.77. The molecule has 3 saturated heterocycles. The first kappa shape index (κ1) is 40.2. The lowest BCUT2D eigenvalue weighted by Crippen LogP contribution is -2.53. The van der Waals surface area contributed by atoms with Crippen LogP contribution in [0.5, 0.6) is 11.5 Å². The molecule has 17 heteroatoms. The summed E-state index contributed by atoms with van der Waals surface area (Å²) in [7, 11) is -3.86. The minimum atomic E-state index is -3.86. The van der Waals surface area contributed by atoms with Crippen molar-refractivity contribution in [1.29, 1.82) is 0 Å². The van der Waals surface area contributed by atoms with Crippen LogP contribution < -0.4 is 34.0 Å². The molecule has 1 unspecified atom stereocenters. The van der Waals surface area contributed by atoms with Crippen LogP contribution in [0.3, 0.4) is 0 Å². The summed E-state index contributed by atoms with van der Waals surface area (Å²) in [5.74, 6) is -2.13. The molecule has 0 aliphatic carbocycles. The highest BCUT2D eigenvalue weighted by Crippen LogP contribution is 2.51. The van der Waals surface area contributed by atoms with Crippen molar-refractivity contribution in [3.8, 4) is 11.5 Å². The van der Waals surface area contributed by atoms with Gasteiger partial charge in [-0.2, -0.15) is 0 Å². The summed E-state index contributed by atoms with van der Waals surface area (Å²) in [5.41, 5.74) is 2.90. The SMILES string of the molecule is O=C(CN1CCC(c2ccc3c4c(cccc24)C(=O)N3C2CCC(=O)NC2=O)CC1)NCCOc1ccc2cc(OCc3ccccc3)c(N3CC(=O)NS3(O)O)c(F)c2c1. The molecule has 4 aliphatic heterocycles. The Labute approximate surface area is 351 Å². The van der Waals surface area contributed by atoms with Crippen LogP contribution in [-0.4, -0.2) is 88.9 Å². The number of piperidine rings is 2. The van der Waals surface area contributed by atoms with Crippen LogP contribution >= 0.6 is 11.0 Å². The molecule has 1 atom stereocenters. The maximum atomic E-state index is 16.4. The number of rotatable bonds is 12. The van der Waals surface area contributed by atoms with Gasteiger partial charge in [-0.25, -0.2) is 13.4 Å². The van der Waals surface area contributed by atoms with Crippen molar-refractivity contribution >= 4 is 73.4 Å². The Morgan fingerprint density at radius 3 is 2.44 bits per heavy atom. The lowest BCUT2D eigenvalue weighted by molar-refractivity contribution is -0.134. The molecule has 4 aliphatic rings. The van der Waals surface area contributed by atoms with Gasteiger partial charge in [0.15, 0.2) is 5.82 Å². The van der Waals surface area contributed by atoms with Crippen LogP contribution in [0, 0.1) is 5.82 Å². The first-order valence-corrected chi connectivity index (χ1v) is 21.6. The van der Waals surface area contributed by atoms with Gasteiger partial charge in [-0.05, 0) is 101 Å². The van der Waals surface area contributed by atoms with Crippen LogP contribution in [0.1, 0.15) is 53.1 Å². The lowest BCUT2D eigenvalue weighted by Gasteiger charge is -2.37. The zero-order valence-corrected chi connectivity index (χ0v) is 33.7. The fraction of sp³-hybridized carbons (Fsp3) is 0.295. The molecule has 15 nitrogen and oxygen atoms in total. The van der Waals surface area contributed by atoms with Crippen molar-refractivity contribution in [1.82, 2.24) is 20.3 Å². The molecule has 5 N–H and O–H groups in total. The van der Waals surface area contributed by atoms with Gasteiger partial charge in [-0.1, -0.05) is 54.6 Å². The van der Waals surface area contributed by atoms with Crippen LogP contribution in [0.25, 0.3) is 21.5 Å². The number of halogens is 1. The summed E-state index contributed by atoms with van der Waals surface area (Å²) in [6.07, 6.45) is 2.07. The summed E-state index contributed by atoms with van der Waals surface area (Å²) >= 11 is 0. The maximum Gasteiger partial charge on any atom is 0.260 e. The number of nitrogens with one attached hydrogen (secondary N) is 3. The Hall–Kier alpha value is -6.27. The lowest BCUT2D eigenvalue weighted by atomic mass is 9.85. The van der Waals surface area contributed by atoms with E-state index in [1.54, 1.807) is 24.3 Å². The fourth-order valence-corrected chi connectivity index (χ4v) is 9.98. The minimum Gasteiger partial charge on any atom is -0.492 e. The van der Waals surface area contributed by atoms with Crippen molar-refractivity contribution in [2.45, 2.75) is 44.2 Å². The van der Waals surface area contributed by atoms with Crippen LogP contribution in [0.4, 0.5) is 15.8 Å². The van der Waals surface area contributed by atoms with E-state index in [4.69, 9.17) is 9.47 Å². The topological polar surface area (TPSA) is 190 Å². The van der Waals surface area contributed by atoms with Gasteiger partial charge >= 0.3 is 0 Å². The van der Waals surface area contributed by atoms with Gasteiger partial charge in [-0.15, -0.1) is 0 Å². The molecule has 5 aromatic rings. The van der Waals surface area contributed by atoms with E-state index < -0.39 is 41.2 Å². The Kier molecular flexibility index (Phi) is 10.7.